The van der Waals surface area contributed by atoms with Gasteiger partial charge >= 0.3 is 5.69 Å². The lowest BCUT2D eigenvalue weighted by Gasteiger charge is -2.15. The number of nitro groups is 1. The van der Waals surface area contributed by atoms with Crippen LogP contribution in [0, 0.1) is 17.0 Å². The molecule has 0 aliphatic heterocycles. The van der Waals surface area contributed by atoms with Gasteiger partial charge in [-0.15, -0.1) is 0 Å². The fraction of sp³-hybridized carbons (Fsp3) is 0.238. The van der Waals surface area contributed by atoms with Gasteiger partial charge in [0, 0.05) is 50.9 Å². The molecule has 3 rings (SSSR count). The quantitative estimate of drug-likeness (QED) is 0.441. The molecule has 9 heteroatoms. The first-order chi connectivity index (χ1) is 14.2. The van der Waals surface area contributed by atoms with Crippen molar-refractivity contribution < 1.29 is 4.92 Å². The summed E-state index contributed by atoms with van der Waals surface area (Å²) in [6.45, 7) is 1.70. The van der Waals surface area contributed by atoms with E-state index < -0.39 is 4.92 Å². The summed E-state index contributed by atoms with van der Waals surface area (Å²) >= 11 is 0. The fourth-order valence-electron chi connectivity index (χ4n) is 2.87. The van der Waals surface area contributed by atoms with Crippen molar-refractivity contribution in [1.29, 1.82) is 0 Å². The van der Waals surface area contributed by atoms with Crippen LogP contribution in [0.25, 0.3) is 0 Å². The zero-order valence-electron chi connectivity index (χ0n) is 17.7. The number of rotatable bonds is 7. The molecule has 2 N–H and O–H groups in total. The molecule has 0 amide bonds. The number of nitrogens with zero attached hydrogens (tertiary/aromatic N) is 5. The number of aryl methyl sites for hydroxylation is 1. The third-order valence-corrected chi connectivity index (χ3v) is 4.47. The molecule has 0 saturated carbocycles. The Morgan fingerprint density at radius 2 is 1.13 bits per heavy atom. The van der Waals surface area contributed by atoms with Gasteiger partial charge in [-0.25, -0.2) is 9.97 Å². The highest BCUT2D eigenvalue weighted by molar-refractivity contribution is 5.77. The van der Waals surface area contributed by atoms with Crippen molar-refractivity contribution in [3.05, 3.63) is 64.5 Å². The Morgan fingerprint density at radius 1 is 0.767 bits per heavy atom. The maximum Gasteiger partial charge on any atom is 0.353 e. The molecule has 30 heavy (non-hydrogen) atoms. The van der Waals surface area contributed by atoms with Crippen LogP contribution < -0.4 is 20.4 Å². The Bertz CT molecular complexity index is 958. The van der Waals surface area contributed by atoms with E-state index in [1.807, 2.05) is 86.5 Å². The molecule has 0 aliphatic rings. The molecule has 2 aromatic carbocycles. The van der Waals surface area contributed by atoms with Gasteiger partial charge in [0.15, 0.2) is 0 Å². The number of aromatic nitrogens is 2. The van der Waals surface area contributed by atoms with Crippen molar-refractivity contribution in [2.75, 3.05) is 48.6 Å². The largest absolute Gasteiger partial charge is 0.378 e. The van der Waals surface area contributed by atoms with Gasteiger partial charge in [-0.1, -0.05) is 0 Å². The van der Waals surface area contributed by atoms with Crippen LogP contribution in [0.3, 0.4) is 0 Å². The predicted molar refractivity (Wildman–Crippen MR) is 122 cm³/mol. The van der Waals surface area contributed by atoms with Crippen LogP contribution in [0.5, 0.6) is 0 Å². The standard InChI is InChI=1S/C21H25N7O2/c1-14-22-20(24-15-6-10-17(11-7-15)26(2)3)19(28(29)30)21(23-14)25-16-8-12-18(13-9-16)27(4)5/h6-13H,1-5H3,(H2,22,23,24,25). The molecule has 0 spiro atoms. The van der Waals surface area contributed by atoms with Crippen molar-refractivity contribution in [2.45, 2.75) is 6.92 Å². The molecule has 0 saturated heterocycles. The van der Waals surface area contributed by atoms with E-state index in [9.17, 15) is 10.1 Å². The summed E-state index contributed by atoms with van der Waals surface area (Å²) in [5.41, 5.74) is 3.23. The Morgan fingerprint density at radius 3 is 1.43 bits per heavy atom. The molecule has 1 aromatic heterocycles. The van der Waals surface area contributed by atoms with E-state index >= 15 is 0 Å². The summed E-state index contributed by atoms with van der Waals surface area (Å²) in [5, 5.41) is 18.0. The second-order valence-corrected chi connectivity index (χ2v) is 7.21. The highest BCUT2D eigenvalue weighted by Crippen LogP contribution is 2.34. The van der Waals surface area contributed by atoms with E-state index in [0.29, 0.717) is 17.2 Å². The number of anilines is 6. The molecular weight excluding hydrogens is 382 g/mol. The van der Waals surface area contributed by atoms with E-state index in [1.165, 1.54) is 0 Å². The highest BCUT2D eigenvalue weighted by Gasteiger charge is 2.24. The molecule has 156 valence electrons. The third-order valence-electron chi connectivity index (χ3n) is 4.47. The number of hydrogen-bond acceptors (Lipinski definition) is 8. The van der Waals surface area contributed by atoms with Gasteiger partial charge in [-0.2, -0.15) is 0 Å². The molecule has 0 atom stereocenters. The predicted octanol–water partition coefficient (Wildman–Crippen LogP) is 4.31. The van der Waals surface area contributed by atoms with Crippen LogP contribution in [0.4, 0.5) is 40.1 Å². The zero-order valence-corrected chi connectivity index (χ0v) is 17.7. The fourth-order valence-corrected chi connectivity index (χ4v) is 2.87. The lowest BCUT2D eigenvalue weighted by atomic mass is 10.2. The highest BCUT2D eigenvalue weighted by atomic mass is 16.6. The second kappa shape index (κ2) is 8.64. The van der Waals surface area contributed by atoms with E-state index in [4.69, 9.17) is 0 Å². The Balaban J connectivity index is 1.94. The van der Waals surface area contributed by atoms with Crippen LogP contribution in [0.2, 0.25) is 0 Å². The minimum Gasteiger partial charge on any atom is -0.378 e. The minimum atomic E-state index is -0.480. The molecule has 3 aromatic rings. The van der Waals surface area contributed by atoms with Crippen molar-refractivity contribution in [3.63, 3.8) is 0 Å². The Hall–Kier alpha value is -3.88. The molecule has 0 bridgehead atoms. The molecular formula is C21H25N7O2. The molecule has 1 heterocycles. The van der Waals surface area contributed by atoms with Gasteiger partial charge in [-0.05, 0) is 55.5 Å². The topological polar surface area (TPSA) is 99.5 Å². The average Bonchev–Trinajstić information content (AvgIpc) is 2.68. The Kier molecular flexibility index (Phi) is 6.01. The van der Waals surface area contributed by atoms with Gasteiger partial charge in [-0.3, -0.25) is 10.1 Å². The SMILES string of the molecule is Cc1nc(Nc2ccc(N(C)C)cc2)c([N+](=O)[O-])c(Nc2ccc(N(C)C)cc2)n1. The summed E-state index contributed by atoms with van der Waals surface area (Å²) in [6.07, 6.45) is 0. The normalized spacial score (nSPS) is 10.4. The van der Waals surface area contributed by atoms with Gasteiger partial charge in [0.05, 0.1) is 4.92 Å². The van der Waals surface area contributed by atoms with Gasteiger partial charge < -0.3 is 20.4 Å². The van der Waals surface area contributed by atoms with Gasteiger partial charge in [0.25, 0.3) is 0 Å². The first-order valence-electron chi connectivity index (χ1n) is 9.36. The number of nitrogens with one attached hydrogen (secondary N) is 2. The van der Waals surface area contributed by atoms with Crippen LogP contribution in [-0.2, 0) is 0 Å². The first-order valence-corrected chi connectivity index (χ1v) is 9.36. The van der Waals surface area contributed by atoms with Crippen molar-refractivity contribution >= 4 is 40.1 Å². The maximum atomic E-state index is 11.9. The van der Waals surface area contributed by atoms with Crippen LogP contribution in [0.1, 0.15) is 5.82 Å². The van der Waals surface area contributed by atoms with Crippen LogP contribution in [-0.4, -0.2) is 43.1 Å². The molecule has 0 unspecified atom stereocenters. The number of benzene rings is 2. The second-order valence-electron chi connectivity index (χ2n) is 7.21. The lowest BCUT2D eigenvalue weighted by molar-refractivity contribution is -0.383. The van der Waals surface area contributed by atoms with Crippen LogP contribution in [0.15, 0.2) is 48.5 Å². The average molecular weight is 407 g/mol. The number of hydrogen-bond donors (Lipinski definition) is 2. The summed E-state index contributed by atoms with van der Waals surface area (Å²) in [6, 6.07) is 15.1. The van der Waals surface area contributed by atoms with E-state index in [-0.39, 0.29) is 17.3 Å². The van der Waals surface area contributed by atoms with Crippen molar-refractivity contribution in [1.82, 2.24) is 9.97 Å². The summed E-state index contributed by atoms with van der Waals surface area (Å²) in [4.78, 5) is 23.9. The first kappa shape index (κ1) is 20.8. The summed E-state index contributed by atoms with van der Waals surface area (Å²) < 4.78 is 0. The zero-order chi connectivity index (χ0) is 21.8. The third kappa shape index (κ3) is 4.75. The van der Waals surface area contributed by atoms with Gasteiger partial charge in [0.2, 0.25) is 11.6 Å². The minimum absolute atomic E-state index is 0.137. The van der Waals surface area contributed by atoms with Crippen molar-refractivity contribution in [2.24, 2.45) is 0 Å². The monoisotopic (exact) mass is 407 g/mol. The molecule has 0 aliphatic carbocycles. The summed E-state index contributed by atoms with van der Waals surface area (Å²) in [7, 11) is 7.79. The molecule has 0 radical (unpaired) electrons. The van der Waals surface area contributed by atoms with Crippen molar-refractivity contribution in [3.8, 4) is 0 Å². The van der Waals surface area contributed by atoms with E-state index in [2.05, 4.69) is 20.6 Å². The molecule has 9 nitrogen and oxygen atoms in total. The lowest BCUT2D eigenvalue weighted by Crippen LogP contribution is -2.09. The maximum absolute atomic E-state index is 11.9. The van der Waals surface area contributed by atoms with Gasteiger partial charge in [0.1, 0.15) is 5.82 Å². The van der Waals surface area contributed by atoms with E-state index in [1.54, 1.807) is 6.92 Å². The molecule has 0 fully saturated rings. The van der Waals surface area contributed by atoms with E-state index in [0.717, 1.165) is 11.4 Å². The van der Waals surface area contributed by atoms with Crippen LogP contribution >= 0.6 is 0 Å². The summed E-state index contributed by atoms with van der Waals surface area (Å²) in [5.74, 6) is 0.690. The Labute approximate surface area is 175 Å². The smallest absolute Gasteiger partial charge is 0.353 e.